The van der Waals surface area contributed by atoms with Crippen molar-refractivity contribution < 1.29 is 9.13 Å². The zero-order valence-corrected chi connectivity index (χ0v) is 16.4. The van der Waals surface area contributed by atoms with E-state index in [2.05, 4.69) is 46.3 Å². The number of H-pyrrole nitrogens is 1. The molecule has 28 heavy (non-hydrogen) atoms. The lowest BCUT2D eigenvalue weighted by atomic mass is 9.89. The van der Waals surface area contributed by atoms with Crippen molar-refractivity contribution in [2.45, 2.75) is 32.2 Å². The second-order valence-corrected chi connectivity index (χ2v) is 7.57. The van der Waals surface area contributed by atoms with Gasteiger partial charge in [-0.05, 0) is 44.5 Å². The molecule has 1 aliphatic heterocycles. The van der Waals surface area contributed by atoms with Crippen LogP contribution in [0.5, 0.6) is 5.75 Å². The molecule has 0 aliphatic carbocycles. The molecule has 146 valence electrons. The van der Waals surface area contributed by atoms with Gasteiger partial charge in [-0.2, -0.15) is 5.10 Å². The number of halogens is 1. The maximum Gasteiger partial charge on any atom is 0.131 e. The Labute approximate surface area is 165 Å². The van der Waals surface area contributed by atoms with Crippen LogP contribution in [0.3, 0.4) is 0 Å². The molecule has 0 spiro atoms. The Kier molecular flexibility index (Phi) is 5.44. The second kappa shape index (κ2) is 8.15. The van der Waals surface area contributed by atoms with Gasteiger partial charge in [-0.1, -0.05) is 35.9 Å². The normalized spacial score (nSPS) is 15.7. The van der Waals surface area contributed by atoms with Gasteiger partial charge in [0.1, 0.15) is 11.6 Å². The molecule has 0 bridgehead atoms. The summed E-state index contributed by atoms with van der Waals surface area (Å²) < 4.78 is 19.3. The average molecular weight is 379 g/mol. The summed E-state index contributed by atoms with van der Waals surface area (Å²) >= 11 is 0. The number of ether oxygens (including phenoxy) is 1. The lowest BCUT2D eigenvalue weighted by molar-refractivity contribution is 0.201. The van der Waals surface area contributed by atoms with Crippen LogP contribution in [-0.2, 0) is 6.54 Å². The maximum absolute atomic E-state index is 14.2. The van der Waals surface area contributed by atoms with Crippen LogP contribution >= 0.6 is 0 Å². The highest BCUT2D eigenvalue weighted by molar-refractivity contribution is 5.66. The molecule has 0 amide bonds. The number of aryl methyl sites for hydroxylation is 1. The number of nitrogens with zero attached hydrogens (tertiary/aromatic N) is 2. The van der Waals surface area contributed by atoms with Gasteiger partial charge in [-0.25, -0.2) is 4.39 Å². The SMILES string of the molecule is COc1ccc(CN2CCC(c3[nH]ncc3-c3cccc(C)c3)CC2)c(F)c1. The van der Waals surface area contributed by atoms with Gasteiger partial charge in [-0.3, -0.25) is 10.00 Å². The molecule has 1 saturated heterocycles. The Morgan fingerprint density at radius 3 is 2.71 bits per heavy atom. The van der Waals surface area contributed by atoms with Gasteiger partial charge < -0.3 is 4.74 Å². The zero-order valence-electron chi connectivity index (χ0n) is 16.4. The minimum absolute atomic E-state index is 0.197. The average Bonchev–Trinajstić information content (AvgIpc) is 3.20. The molecule has 0 radical (unpaired) electrons. The van der Waals surface area contributed by atoms with Gasteiger partial charge in [0.15, 0.2) is 0 Å². The summed E-state index contributed by atoms with van der Waals surface area (Å²) in [6.45, 7) is 4.64. The molecule has 1 N–H and O–H groups in total. The molecule has 3 aromatic rings. The number of methoxy groups -OCH3 is 1. The largest absolute Gasteiger partial charge is 0.497 e. The Morgan fingerprint density at radius 1 is 1.18 bits per heavy atom. The summed E-state index contributed by atoms with van der Waals surface area (Å²) in [5, 5.41) is 7.56. The van der Waals surface area contributed by atoms with E-state index >= 15 is 0 Å². The van der Waals surface area contributed by atoms with E-state index in [-0.39, 0.29) is 5.82 Å². The molecule has 5 heteroatoms. The second-order valence-electron chi connectivity index (χ2n) is 7.57. The third-order valence-corrected chi connectivity index (χ3v) is 5.65. The van der Waals surface area contributed by atoms with Crippen LogP contribution in [0, 0.1) is 12.7 Å². The van der Waals surface area contributed by atoms with Gasteiger partial charge in [0.05, 0.1) is 13.3 Å². The highest BCUT2D eigenvalue weighted by atomic mass is 19.1. The van der Waals surface area contributed by atoms with Gasteiger partial charge in [0.25, 0.3) is 0 Å². The van der Waals surface area contributed by atoms with E-state index < -0.39 is 0 Å². The smallest absolute Gasteiger partial charge is 0.131 e. The summed E-state index contributed by atoms with van der Waals surface area (Å²) in [6.07, 6.45) is 4.01. The number of aromatic nitrogens is 2. The molecule has 0 saturated carbocycles. The number of nitrogens with one attached hydrogen (secondary N) is 1. The molecule has 4 rings (SSSR count). The summed E-state index contributed by atoms with van der Waals surface area (Å²) in [6, 6.07) is 13.7. The lowest BCUT2D eigenvalue weighted by Crippen LogP contribution is -2.33. The third-order valence-electron chi connectivity index (χ3n) is 5.65. The first kappa shape index (κ1) is 18.7. The van der Waals surface area contributed by atoms with E-state index in [1.807, 2.05) is 18.3 Å². The van der Waals surface area contributed by atoms with Crippen molar-refractivity contribution in [1.29, 1.82) is 0 Å². The van der Waals surface area contributed by atoms with Crippen LogP contribution in [0.4, 0.5) is 4.39 Å². The molecule has 1 aromatic heterocycles. The first-order valence-electron chi connectivity index (χ1n) is 9.79. The molecule has 1 fully saturated rings. The van der Waals surface area contributed by atoms with Crippen molar-refractivity contribution in [2.75, 3.05) is 20.2 Å². The molecule has 2 heterocycles. The zero-order chi connectivity index (χ0) is 19.5. The van der Waals surface area contributed by atoms with Gasteiger partial charge in [0.2, 0.25) is 0 Å². The number of likely N-dealkylation sites (tertiary alicyclic amines) is 1. The van der Waals surface area contributed by atoms with E-state index in [9.17, 15) is 4.39 Å². The Morgan fingerprint density at radius 2 is 2.00 bits per heavy atom. The predicted octanol–water partition coefficient (Wildman–Crippen LogP) is 4.91. The highest BCUT2D eigenvalue weighted by Gasteiger charge is 2.25. The van der Waals surface area contributed by atoms with E-state index in [4.69, 9.17) is 4.74 Å². The summed E-state index contributed by atoms with van der Waals surface area (Å²) in [7, 11) is 1.56. The van der Waals surface area contributed by atoms with Crippen molar-refractivity contribution in [3.05, 3.63) is 71.3 Å². The minimum Gasteiger partial charge on any atom is -0.497 e. The van der Waals surface area contributed by atoms with Crippen LogP contribution in [0.2, 0.25) is 0 Å². The van der Waals surface area contributed by atoms with Crippen molar-refractivity contribution >= 4 is 0 Å². The fraction of sp³-hybridized carbons (Fsp3) is 0.348. The van der Waals surface area contributed by atoms with Crippen LogP contribution in [0.15, 0.2) is 48.7 Å². The fourth-order valence-corrected chi connectivity index (χ4v) is 4.05. The van der Waals surface area contributed by atoms with Crippen molar-refractivity contribution in [3.8, 4) is 16.9 Å². The Balaban J connectivity index is 1.42. The van der Waals surface area contributed by atoms with E-state index in [0.29, 0.717) is 18.2 Å². The maximum atomic E-state index is 14.2. The van der Waals surface area contributed by atoms with E-state index in [1.165, 1.54) is 28.5 Å². The number of rotatable bonds is 5. The van der Waals surface area contributed by atoms with Crippen LogP contribution < -0.4 is 4.74 Å². The van der Waals surface area contributed by atoms with Crippen LogP contribution in [0.25, 0.3) is 11.1 Å². The minimum atomic E-state index is -0.197. The van der Waals surface area contributed by atoms with E-state index in [0.717, 1.165) is 31.5 Å². The topological polar surface area (TPSA) is 41.1 Å². The quantitative estimate of drug-likeness (QED) is 0.685. The lowest BCUT2D eigenvalue weighted by Gasteiger charge is -2.32. The molecule has 4 nitrogen and oxygen atoms in total. The van der Waals surface area contributed by atoms with Gasteiger partial charge in [-0.15, -0.1) is 0 Å². The van der Waals surface area contributed by atoms with Crippen molar-refractivity contribution in [2.24, 2.45) is 0 Å². The van der Waals surface area contributed by atoms with Crippen LogP contribution in [-0.4, -0.2) is 35.3 Å². The number of hydrogen-bond donors (Lipinski definition) is 1. The predicted molar refractivity (Wildman–Crippen MR) is 109 cm³/mol. The number of benzene rings is 2. The fourth-order valence-electron chi connectivity index (χ4n) is 4.05. The third kappa shape index (κ3) is 3.94. The molecular weight excluding hydrogens is 353 g/mol. The highest BCUT2D eigenvalue weighted by Crippen LogP contribution is 2.34. The Hall–Kier alpha value is -2.66. The molecule has 1 aliphatic rings. The number of piperidine rings is 1. The summed E-state index contributed by atoms with van der Waals surface area (Å²) in [4.78, 5) is 2.32. The Bertz CT molecular complexity index is 945. The summed E-state index contributed by atoms with van der Waals surface area (Å²) in [5.41, 5.74) is 5.61. The van der Waals surface area contributed by atoms with Crippen molar-refractivity contribution in [1.82, 2.24) is 15.1 Å². The molecular formula is C23H26FN3O. The number of hydrogen-bond acceptors (Lipinski definition) is 3. The van der Waals surface area contributed by atoms with E-state index in [1.54, 1.807) is 7.11 Å². The standard InChI is InChI=1S/C23H26FN3O/c1-16-4-3-5-18(12-16)21-14-25-26-23(21)17-8-10-27(11-9-17)15-19-6-7-20(28-2)13-22(19)24/h3-7,12-14,17H,8-11,15H2,1-2H3,(H,25,26). The first-order chi connectivity index (χ1) is 13.6. The summed E-state index contributed by atoms with van der Waals surface area (Å²) in [5.74, 6) is 0.814. The monoisotopic (exact) mass is 379 g/mol. The first-order valence-corrected chi connectivity index (χ1v) is 9.79. The van der Waals surface area contributed by atoms with Gasteiger partial charge >= 0.3 is 0 Å². The van der Waals surface area contributed by atoms with Crippen LogP contribution in [0.1, 0.15) is 35.6 Å². The molecule has 0 atom stereocenters. The molecule has 2 aromatic carbocycles. The van der Waals surface area contributed by atoms with Gasteiger partial charge in [0, 0.05) is 35.3 Å². The van der Waals surface area contributed by atoms with Crippen molar-refractivity contribution in [3.63, 3.8) is 0 Å². The molecule has 0 unspecified atom stereocenters. The number of aromatic amines is 1.